The predicted molar refractivity (Wildman–Crippen MR) is 64.4 cm³/mol. The molecule has 2 N–H and O–H groups in total. The molecule has 0 saturated heterocycles. The minimum Gasteiger partial charge on any atom is -0.384 e. The highest BCUT2D eigenvalue weighted by Crippen LogP contribution is 2.07. The van der Waals surface area contributed by atoms with Gasteiger partial charge >= 0.3 is 0 Å². The van der Waals surface area contributed by atoms with Gasteiger partial charge in [-0.25, -0.2) is 4.98 Å². The fourth-order valence-corrected chi connectivity index (χ4v) is 1.46. The van der Waals surface area contributed by atoms with Crippen LogP contribution in [0.25, 0.3) is 0 Å². The lowest BCUT2D eigenvalue weighted by Crippen LogP contribution is -2.20. The molecule has 1 aromatic heterocycles. The van der Waals surface area contributed by atoms with Crippen LogP contribution in [0.2, 0.25) is 0 Å². The number of nitrogens with two attached hydrogens (primary N) is 1. The Morgan fingerprint density at radius 1 is 1.47 bits per heavy atom. The minimum absolute atomic E-state index is 0.602. The van der Waals surface area contributed by atoms with Crippen LogP contribution in [0.1, 0.15) is 25.8 Å². The molecule has 1 heterocycles. The van der Waals surface area contributed by atoms with Crippen LogP contribution in [0.3, 0.4) is 0 Å². The largest absolute Gasteiger partial charge is 0.384 e. The maximum absolute atomic E-state index is 5.63. The summed E-state index contributed by atoms with van der Waals surface area (Å²) >= 11 is 0. The van der Waals surface area contributed by atoms with Gasteiger partial charge in [0.2, 0.25) is 0 Å². The van der Waals surface area contributed by atoms with E-state index in [1.807, 2.05) is 12.1 Å². The number of hydrogen-bond donors (Lipinski definition) is 1. The standard InChI is InChI=1S/C12H21N3/c1-10(2)5-7-15(3)9-11-4-6-14-12(13)8-11/h4,6,8,10H,5,7,9H2,1-3H3,(H2,13,14). The van der Waals surface area contributed by atoms with Crippen LogP contribution in [0.15, 0.2) is 18.3 Å². The summed E-state index contributed by atoms with van der Waals surface area (Å²) in [5.41, 5.74) is 6.86. The zero-order valence-electron chi connectivity index (χ0n) is 9.90. The number of nitrogen functional groups attached to an aromatic ring is 1. The van der Waals surface area contributed by atoms with Gasteiger partial charge in [0, 0.05) is 12.7 Å². The molecule has 0 aliphatic heterocycles. The Labute approximate surface area is 92.3 Å². The van der Waals surface area contributed by atoms with Gasteiger partial charge < -0.3 is 10.6 Å². The average molecular weight is 207 g/mol. The number of hydrogen-bond acceptors (Lipinski definition) is 3. The van der Waals surface area contributed by atoms with Gasteiger partial charge in [-0.2, -0.15) is 0 Å². The van der Waals surface area contributed by atoms with Crippen molar-refractivity contribution in [1.29, 1.82) is 0 Å². The maximum atomic E-state index is 5.63. The predicted octanol–water partition coefficient (Wildman–Crippen LogP) is 2.14. The maximum Gasteiger partial charge on any atom is 0.123 e. The second-order valence-electron chi connectivity index (χ2n) is 4.51. The topological polar surface area (TPSA) is 42.2 Å². The molecule has 0 spiro atoms. The van der Waals surface area contributed by atoms with E-state index in [1.165, 1.54) is 12.0 Å². The van der Waals surface area contributed by atoms with Gasteiger partial charge in [0.15, 0.2) is 0 Å². The molecule has 0 amide bonds. The third kappa shape index (κ3) is 4.79. The molecule has 0 aliphatic rings. The lowest BCUT2D eigenvalue weighted by molar-refractivity contribution is 0.303. The fraction of sp³-hybridized carbons (Fsp3) is 0.583. The van der Waals surface area contributed by atoms with Crippen molar-refractivity contribution in [3.05, 3.63) is 23.9 Å². The molecule has 3 heteroatoms. The highest BCUT2D eigenvalue weighted by atomic mass is 15.1. The first-order chi connectivity index (χ1) is 7.08. The molecule has 1 rings (SSSR count). The first-order valence-corrected chi connectivity index (χ1v) is 5.47. The third-order valence-corrected chi connectivity index (χ3v) is 2.39. The third-order valence-electron chi connectivity index (χ3n) is 2.39. The number of anilines is 1. The Morgan fingerprint density at radius 3 is 2.80 bits per heavy atom. The molecule has 0 fully saturated rings. The van der Waals surface area contributed by atoms with Crippen molar-refractivity contribution >= 4 is 5.82 Å². The lowest BCUT2D eigenvalue weighted by Gasteiger charge is -2.17. The molecular weight excluding hydrogens is 186 g/mol. The van der Waals surface area contributed by atoms with Crippen LogP contribution in [-0.4, -0.2) is 23.5 Å². The Morgan fingerprint density at radius 2 is 2.20 bits per heavy atom. The summed E-state index contributed by atoms with van der Waals surface area (Å²) < 4.78 is 0. The van der Waals surface area contributed by atoms with Crippen LogP contribution in [0.4, 0.5) is 5.82 Å². The van der Waals surface area contributed by atoms with E-state index in [0.717, 1.165) is 19.0 Å². The van der Waals surface area contributed by atoms with E-state index < -0.39 is 0 Å². The summed E-state index contributed by atoms with van der Waals surface area (Å²) in [6.07, 6.45) is 3.00. The first-order valence-electron chi connectivity index (χ1n) is 5.47. The Hall–Kier alpha value is -1.09. The molecule has 0 unspecified atom stereocenters. The molecule has 84 valence electrons. The Balaban J connectivity index is 2.40. The van der Waals surface area contributed by atoms with Gasteiger partial charge in [0.1, 0.15) is 5.82 Å². The smallest absolute Gasteiger partial charge is 0.123 e. The highest BCUT2D eigenvalue weighted by Gasteiger charge is 2.02. The van der Waals surface area contributed by atoms with Crippen LogP contribution in [-0.2, 0) is 6.54 Å². The van der Waals surface area contributed by atoms with E-state index in [9.17, 15) is 0 Å². The van der Waals surface area contributed by atoms with E-state index in [2.05, 4.69) is 30.8 Å². The van der Waals surface area contributed by atoms with Crippen LogP contribution >= 0.6 is 0 Å². The highest BCUT2D eigenvalue weighted by molar-refractivity contribution is 5.31. The van der Waals surface area contributed by atoms with E-state index in [1.54, 1.807) is 6.20 Å². The molecular formula is C12H21N3. The van der Waals surface area contributed by atoms with Gasteiger partial charge in [-0.3, -0.25) is 0 Å². The Bertz CT molecular complexity index is 297. The van der Waals surface area contributed by atoms with Crippen molar-refractivity contribution in [2.45, 2.75) is 26.8 Å². The van der Waals surface area contributed by atoms with Gasteiger partial charge in [-0.15, -0.1) is 0 Å². The molecule has 15 heavy (non-hydrogen) atoms. The summed E-state index contributed by atoms with van der Waals surface area (Å²) in [6, 6.07) is 3.95. The molecule has 3 nitrogen and oxygen atoms in total. The van der Waals surface area contributed by atoms with E-state index in [0.29, 0.717) is 5.82 Å². The molecule has 0 aromatic carbocycles. The van der Waals surface area contributed by atoms with E-state index in [-0.39, 0.29) is 0 Å². The first kappa shape index (κ1) is 12.0. The summed E-state index contributed by atoms with van der Waals surface area (Å²) in [5.74, 6) is 1.36. The monoisotopic (exact) mass is 207 g/mol. The van der Waals surface area contributed by atoms with Gasteiger partial charge in [-0.05, 0) is 43.6 Å². The van der Waals surface area contributed by atoms with Crippen molar-refractivity contribution in [2.75, 3.05) is 19.3 Å². The summed E-state index contributed by atoms with van der Waals surface area (Å²) in [5, 5.41) is 0. The number of pyridine rings is 1. The zero-order valence-corrected chi connectivity index (χ0v) is 9.90. The average Bonchev–Trinajstić information content (AvgIpc) is 2.15. The molecule has 0 bridgehead atoms. The fourth-order valence-electron chi connectivity index (χ4n) is 1.46. The second kappa shape index (κ2) is 5.71. The summed E-state index contributed by atoms with van der Waals surface area (Å²) in [6.45, 7) is 6.57. The molecule has 1 aromatic rings. The molecule has 0 saturated carbocycles. The van der Waals surface area contributed by atoms with Gasteiger partial charge in [-0.1, -0.05) is 13.8 Å². The number of rotatable bonds is 5. The van der Waals surface area contributed by atoms with Gasteiger partial charge in [0.05, 0.1) is 0 Å². The lowest BCUT2D eigenvalue weighted by atomic mass is 10.1. The molecule has 0 aliphatic carbocycles. The van der Waals surface area contributed by atoms with E-state index in [4.69, 9.17) is 5.73 Å². The van der Waals surface area contributed by atoms with Crippen molar-refractivity contribution in [2.24, 2.45) is 5.92 Å². The van der Waals surface area contributed by atoms with E-state index >= 15 is 0 Å². The zero-order chi connectivity index (χ0) is 11.3. The van der Waals surface area contributed by atoms with Crippen LogP contribution < -0.4 is 5.73 Å². The second-order valence-corrected chi connectivity index (χ2v) is 4.51. The minimum atomic E-state index is 0.602. The number of nitrogens with zero attached hydrogens (tertiary/aromatic N) is 2. The van der Waals surface area contributed by atoms with Crippen LogP contribution in [0, 0.1) is 5.92 Å². The quantitative estimate of drug-likeness (QED) is 0.804. The molecule has 0 atom stereocenters. The summed E-state index contributed by atoms with van der Waals surface area (Å²) in [7, 11) is 2.14. The normalized spacial score (nSPS) is 11.3. The summed E-state index contributed by atoms with van der Waals surface area (Å²) in [4.78, 5) is 6.29. The Kier molecular flexibility index (Phi) is 4.56. The van der Waals surface area contributed by atoms with Crippen molar-refractivity contribution in [1.82, 2.24) is 9.88 Å². The van der Waals surface area contributed by atoms with Crippen molar-refractivity contribution in [3.63, 3.8) is 0 Å². The SMILES string of the molecule is CC(C)CCN(C)Cc1ccnc(N)c1. The van der Waals surface area contributed by atoms with Crippen molar-refractivity contribution < 1.29 is 0 Å². The van der Waals surface area contributed by atoms with Crippen molar-refractivity contribution in [3.8, 4) is 0 Å². The molecule has 0 radical (unpaired) electrons. The van der Waals surface area contributed by atoms with Crippen LogP contribution in [0.5, 0.6) is 0 Å². The van der Waals surface area contributed by atoms with Gasteiger partial charge in [0.25, 0.3) is 0 Å². The number of aromatic nitrogens is 1.